The lowest BCUT2D eigenvalue weighted by Gasteiger charge is -2.37. The maximum Gasteiger partial charge on any atom is 0.355 e. The lowest BCUT2D eigenvalue weighted by Crippen LogP contribution is -2.41. The van der Waals surface area contributed by atoms with Crippen LogP contribution in [0.5, 0.6) is 5.75 Å². The van der Waals surface area contributed by atoms with Gasteiger partial charge in [-0.05, 0) is 43.4 Å². The number of nitrogens with two attached hydrogens (primary N) is 1. The molecule has 0 saturated heterocycles. The summed E-state index contributed by atoms with van der Waals surface area (Å²) in [5.41, 5.74) is 6.72. The van der Waals surface area contributed by atoms with Crippen LogP contribution < -0.4 is 15.4 Å². The topological polar surface area (TPSA) is 115 Å². The first-order valence-electron chi connectivity index (χ1n) is 12.0. The molecule has 2 aliphatic rings. The van der Waals surface area contributed by atoms with Crippen LogP contribution in [0.25, 0.3) is 0 Å². The van der Waals surface area contributed by atoms with Crippen molar-refractivity contribution < 1.29 is 28.2 Å². The number of hydrogen-bond donors (Lipinski definition) is 1. The first-order chi connectivity index (χ1) is 17.9. The molecule has 1 fully saturated rings. The average molecular weight is 506 g/mol. The molecule has 1 heterocycles. The van der Waals surface area contributed by atoms with Crippen molar-refractivity contribution in [3.05, 3.63) is 82.6 Å². The van der Waals surface area contributed by atoms with Gasteiger partial charge in [-0.1, -0.05) is 36.8 Å². The molecule has 2 aromatic carbocycles. The summed E-state index contributed by atoms with van der Waals surface area (Å²) in [4.78, 5) is 27.6. The number of esters is 2. The Morgan fingerprint density at radius 1 is 1.03 bits per heavy atom. The molecule has 0 amide bonds. The smallest absolute Gasteiger partial charge is 0.355 e. The van der Waals surface area contributed by atoms with Gasteiger partial charge in [0, 0.05) is 6.07 Å². The van der Waals surface area contributed by atoms with E-state index in [0.717, 1.165) is 50.2 Å². The van der Waals surface area contributed by atoms with E-state index < -0.39 is 23.7 Å². The molecule has 4 rings (SSSR count). The molecule has 2 N–H and O–H groups in total. The summed E-state index contributed by atoms with van der Waals surface area (Å²) >= 11 is 0. The fourth-order valence-electron chi connectivity index (χ4n) is 4.89. The molecular formula is C28H28FN3O5. The first kappa shape index (κ1) is 25.8. The number of nitriles is 1. The number of hydrogen-bond acceptors (Lipinski definition) is 8. The Balaban J connectivity index is 1.99. The van der Waals surface area contributed by atoms with E-state index in [0.29, 0.717) is 5.56 Å². The summed E-state index contributed by atoms with van der Waals surface area (Å²) in [5.74, 6) is -3.28. The monoisotopic (exact) mass is 505 g/mol. The summed E-state index contributed by atoms with van der Waals surface area (Å²) < 4.78 is 31.0. The van der Waals surface area contributed by atoms with Crippen LogP contribution >= 0.6 is 0 Å². The van der Waals surface area contributed by atoms with E-state index in [1.54, 1.807) is 30.3 Å². The van der Waals surface area contributed by atoms with Gasteiger partial charge in [0.2, 0.25) is 0 Å². The van der Waals surface area contributed by atoms with Crippen LogP contribution in [0.15, 0.2) is 71.2 Å². The van der Waals surface area contributed by atoms with Crippen LogP contribution in [0.2, 0.25) is 0 Å². The van der Waals surface area contributed by atoms with Crippen molar-refractivity contribution in [2.24, 2.45) is 5.73 Å². The molecule has 1 unspecified atom stereocenters. The van der Waals surface area contributed by atoms with Crippen LogP contribution in [-0.2, 0) is 19.1 Å². The summed E-state index contributed by atoms with van der Waals surface area (Å²) in [6, 6.07) is 14.6. The zero-order chi connectivity index (χ0) is 26.5. The van der Waals surface area contributed by atoms with Gasteiger partial charge in [-0.2, -0.15) is 5.26 Å². The lowest BCUT2D eigenvalue weighted by molar-refractivity contribution is -0.139. The van der Waals surface area contributed by atoms with E-state index in [-0.39, 0.29) is 40.2 Å². The molecule has 2 aromatic rings. The second kappa shape index (κ2) is 11.2. The highest BCUT2D eigenvalue weighted by Gasteiger charge is 2.43. The van der Waals surface area contributed by atoms with Gasteiger partial charge >= 0.3 is 11.9 Å². The van der Waals surface area contributed by atoms with Crippen LogP contribution in [0.4, 0.5) is 10.1 Å². The molecule has 1 atom stereocenters. The van der Waals surface area contributed by atoms with Gasteiger partial charge in [-0.15, -0.1) is 0 Å². The van der Waals surface area contributed by atoms with E-state index in [1.165, 1.54) is 19.2 Å². The number of allylic oxidation sites excluding steroid dienone is 1. The molecule has 0 radical (unpaired) electrons. The average Bonchev–Trinajstić information content (AvgIpc) is 2.93. The zero-order valence-corrected chi connectivity index (χ0v) is 20.7. The minimum Gasteiger partial charge on any atom is -0.488 e. The SMILES string of the molecule is COC(=O)C1=C(C(=O)OC)N(c2cc(F)ccc2OC2CCCCC2)C(N)=C(C#N)C1c1ccccc1. The van der Waals surface area contributed by atoms with Crippen LogP contribution in [0, 0.1) is 17.1 Å². The molecule has 1 saturated carbocycles. The van der Waals surface area contributed by atoms with Crippen molar-refractivity contribution in [3.63, 3.8) is 0 Å². The number of carbonyl (C=O) groups is 2. The Kier molecular flexibility index (Phi) is 7.77. The zero-order valence-electron chi connectivity index (χ0n) is 20.7. The van der Waals surface area contributed by atoms with E-state index in [2.05, 4.69) is 6.07 Å². The molecule has 9 heteroatoms. The van der Waals surface area contributed by atoms with Gasteiger partial charge in [0.05, 0.1) is 49.1 Å². The number of carbonyl (C=O) groups excluding carboxylic acids is 2. The maximum atomic E-state index is 14.6. The van der Waals surface area contributed by atoms with E-state index >= 15 is 0 Å². The van der Waals surface area contributed by atoms with Crippen molar-refractivity contribution in [2.75, 3.05) is 19.1 Å². The van der Waals surface area contributed by atoms with Crippen LogP contribution in [0.3, 0.4) is 0 Å². The predicted molar refractivity (Wildman–Crippen MR) is 133 cm³/mol. The maximum absolute atomic E-state index is 14.6. The standard InChI is InChI=1S/C28H28FN3O5/c1-35-27(33)24-23(17-9-5-3-6-10-17)20(16-30)26(31)32(25(24)28(34)36-2)21-15-18(29)13-14-22(21)37-19-11-7-4-8-12-19/h3,5-6,9-10,13-15,19,23H,4,7-8,11-12,31H2,1-2H3. The number of rotatable bonds is 6. The minimum absolute atomic E-state index is 0.00729. The highest BCUT2D eigenvalue weighted by atomic mass is 19.1. The number of nitrogens with zero attached hydrogens (tertiary/aromatic N) is 2. The lowest BCUT2D eigenvalue weighted by atomic mass is 9.81. The Morgan fingerprint density at radius 3 is 2.32 bits per heavy atom. The van der Waals surface area contributed by atoms with Gasteiger partial charge in [0.25, 0.3) is 0 Å². The summed E-state index contributed by atoms with van der Waals surface area (Å²) in [6.07, 6.45) is 4.67. The van der Waals surface area contributed by atoms with Crippen LogP contribution in [-0.4, -0.2) is 32.3 Å². The van der Waals surface area contributed by atoms with Gasteiger partial charge in [0.15, 0.2) is 0 Å². The largest absolute Gasteiger partial charge is 0.488 e. The predicted octanol–water partition coefficient (Wildman–Crippen LogP) is 4.43. The number of anilines is 1. The quantitative estimate of drug-likeness (QED) is 0.573. The van der Waals surface area contributed by atoms with Gasteiger partial charge in [0.1, 0.15) is 23.1 Å². The molecule has 0 aromatic heterocycles. The number of ether oxygens (including phenoxy) is 3. The van der Waals surface area contributed by atoms with Crippen molar-refractivity contribution in [2.45, 2.75) is 44.1 Å². The molecule has 0 spiro atoms. The highest BCUT2D eigenvalue weighted by molar-refractivity contribution is 6.06. The van der Waals surface area contributed by atoms with Gasteiger partial charge in [-0.25, -0.2) is 14.0 Å². The Morgan fingerprint density at radius 2 is 1.70 bits per heavy atom. The molecule has 0 bridgehead atoms. The van der Waals surface area contributed by atoms with Crippen molar-refractivity contribution in [3.8, 4) is 11.8 Å². The van der Waals surface area contributed by atoms with Gasteiger partial charge in [-0.3, -0.25) is 4.90 Å². The van der Waals surface area contributed by atoms with E-state index in [1.807, 2.05) is 0 Å². The Hall–Kier alpha value is -4.32. The minimum atomic E-state index is -1.01. The number of benzene rings is 2. The van der Waals surface area contributed by atoms with Crippen LogP contribution in [0.1, 0.15) is 43.6 Å². The summed E-state index contributed by atoms with van der Waals surface area (Å²) in [6.45, 7) is 0. The summed E-state index contributed by atoms with van der Waals surface area (Å²) in [7, 11) is 2.33. The fraction of sp³-hybridized carbons (Fsp3) is 0.321. The molecule has 192 valence electrons. The Labute approximate surface area is 214 Å². The first-order valence-corrected chi connectivity index (χ1v) is 12.0. The second-order valence-corrected chi connectivity index (χ2v) is 8.83. The number of methoxy groups -OCH3 is 2. The molecule has 1 aliphatic heterocycles. The summed E-state index contributed by atoms with van der Waals surface area (Å²) in [5, 5.41) is 10.2. The van der Waals surface area contributed by atoms with Crippen molar-refractivity contribution >= 4 is 17.6 Å². The second-order valence-electron chi connectivity index (χ2n) is 8.83. The van der Waals surface area contributed by atoms with E-state index in [4.69, 9.17) is 19.9 Å². The Bertz CT molecular complexity index is 1290. The molecular weight excluding hydrogens is 477 g/mol. The molecule has 8 nitrogen and oxygen atoms in total. The third kappa shape index (κ3) is 5.00. The normalized spacial score (nSPS) is 18.3. The number of halogens is 1. The third-order valence-corrected chi connectivity index (χ3v) is 6.62. The molecule has 37 heavy (non-hydrogen) atoms. The van der Waals surface area contributed by atoms with E-state index in [9.17, 15) is 19.2 Å². The highest BCUT2D eigenvalue weighted by Crippen LogP contribution is 2.45. The fourth-order valence-corrected chi connectivity index (χ4v) is 4.89. The molecule has 1 aliphatic carbocycles. The van der Waals surface area contributed by atoms with Crippen molar-refractivity contribution in [1.29, 1.82) is 5.26 Å². The van der Waals surface area contributed by atoms with Crippen molar-refractivity contribution in [1.82, 2.24) is 0 Å². The van der Waals surface area contributed by atoms with Gasteiger partial charge < -0.3 is 19.9 Å². The third-order valence-electron chi connectivity index (χ3n) is 6.62.